The van der Waals surface area contributed by atoms with Crippen LogP contribution in [-0.4, -0.2) is 49.8 Å². The number of rotatable bonds is 7. The topological polar surface area (TPSA) is 86.7 Å². The second kappa shape index (κ2) is 10.4. The first kappa shape index (κ1) is 22.7. The smallest absolute Gasteiger partial charge is 0.243 e. The number of nitrogens with one attached hydrogen (secondary N) is 2. The Kier molecular flexibility index (Phi) is 7.85. The highest BCUT2D eigenvalue weighted by atomic mass is 32.2. The van der Waals surface area contributed by atoms with Crippen molar-refractivity contribution in [3.8, 4) is 0 Å². The molecule has 1 aromatic heterocycles. The first-order valence-electron chi connectivity index (χ1n) is 10.4. The zero-order chi connectivity index (χ0) is 21.6. The van der Waals surface area contributed by atoms with Crippen LogP contribution in [-0.2, 0) is 16.6 Å². The van der Waals surface area contributed by atoms with E-state index in [1.807, 2.05) is 19.9 Å². The Morgan fingerprint density at radius 2 is 1.90 bits per heavy atom. The Labute approximate surface area is 183 Å². The van der Waals surface area contributed by atoms with Crippen LogP contribution in [0.2, 0.25) is 0 Å². The summed E-state index contributed by atoms with van der Waals surface area (Å²) in [7, 11) is -3.40. The normalized spacial score (nSPS) is 16.6. The third-order valence-electron chi connectivity index (χ3n) is 5.30. The third kappa shape index (κ3) is 5.80. The molecule has 0 unspecified atom stereocenters. The van der Waals surface area contributed by atoms with Crippen LogP contribution in [0.3, 0.4) is 0 Å². The minimum Gasteiger partial charge on any atom is -0.357 e. The van der Waals surface area contributed by atoms with Crippen LogP contribution in [0, 0.1) is 19.8 Å². The van der Waals surface area contributed by atoms with Gasteiger partial charge in [-0.25, -0.2) is 18.4 Å². The summed E-state index contributed by atoms with van der Waals surface area (Å²) in [5.41, 5.74) is 1.07. The second-order valence-corrected chi connectivity index (χ2v) is 10.7. The lowest BCUT2D eigenvalue weighted by Gasteiger charge is -2.31. The van der Waals surface area contributed by atoms with Gasteiger partial charge in [-0.3, -0.25) is 0 Å². The SMILES string of the molecule is CCNC(=NCc1nc(C)c(C)s1)NCC1CCN(S(=O)(=O)c2ccccc2)CC1. The van der Waals surface area contributed by atoms with Crippen LogP contribution >= 0.6 is 11.3 Å². The van der Waals surface area contributed by atoms with Gasteiger partial charge >= 0.3 is 0 Å². The van der Waals surface area contributed by atoms with Crippen molar-refractivity contribution in [1.82, 2.24) is 19.9 Å². The zero-order valence-corrected chi connectivity index (χ0v) is 19.5. The van der Waals surface area contributed by atoms with E-state index >= 15 is 0 Å². The summed E-state index contributed by atoms with van der Waals surface area (Å²) >= 11 is 1.69. The summed E-state index contributed by atoms with van der Waals surface area (Å²) in [6.45, 7) is 9.37. The van der Waals surface area contributed by atoms with Crippen molar-refractivity contribution < 1.29 is 8.42 Å². The van der Waals surface area contributed by atoms with E-state index in [-0.39, 0.29) is 0 Å². The van der Waals surface area contributed by atoms with Crippen molar-refractivity contribution in [3.05, 3.63) is 45.9 Å². The molecule has 0 amide bonds. The molecule has 30 heavy (non-hydrogen) atoms. The molecule has 2 N–H and O–H groups in total. The van der Waals surface area contributed by atoms with Crippen molar-refractivity contribution in [2.24, 2.45) is 10.9 Å². The van der Waals surface area contributed by atoms with Crippen LogP contribution in [0.15, 0.2) is 40.2 Å². The minimum absolute atomic E-state index is 0.371. The Morgan fingerprint density at radius 1 is 1.20 bits per heavy atom. The summed E-state index contributed by atoms with van der Waals surface area (Å²) < 4.78 is 27.1. The molecule has 0 aliphatic carbocycles. The lowest BCUT2D eigenvalue weighted by Crippen LogP contribution is -2.44. The molecule has 9 heteroatoms. The van der Waals surface area contributed by atoms with Gasteiger partial charge in [0.15, 0.2) is 5.96 Å². The van der Waals surface area contributed by atoms with Crippen molar-refractivity contribution >= 4 is 27.3 Å². The Hall–Kier alpha value is -1.97. The van der Waals surface area contributed by atoms with E-state index in [1.54, 1.807) is 39.9 Å². The summed E-state index contributed by atoms with van der Waals surface area (Å²) in [5, 5.41) is 7.71. The van der Waals surface area contributed by atoms with E-state index in [0.29, 0.717) is 30.4 Å². The lowest BCUT2D eigenvalue weighted by atomic mass is 9.98. The monoisotopic (exact) mass is 449 g/mol. The lowest BCUT2D eigenvalue weighted by molar-refractivity contribution is 0.273. The van der Waals surface area contributed by atoms with Crippen molar-refractivity contribution in [3.63, 3.8) is 0 Å². The maximum atomic E-state index is 12.8. The van der Waals surface area contributed by atoms with Gasteiger partial charge in [0.25, 0.3) is 0 Å². The number of guanidine groups is 1. The Balaban J connectivity index is 1.51. The molecular formula is C21H31N5O2S2. The fourth-order valence-electron chi connectivity index (χ4n) is 3.43. The Bertz CT molecular complexity index is 930. The highest BCUT2D eigenvalue weighted by Crippen LogP contribution is 2.23. The maximum Gasteiger partial charge on any atom is 0.243 e. The molecule has 2 aromatic rings. The predicted octanol–water partition coefficient (Wildman–Crippen LogP) is 2.92. The molecule has 0 atom stereocenters. The van der Waals surface area contributed by atoms with Crippen molar-refractivity contribution in [1.29, 1.82) is 0 Å². The summed E-state index contributed by atoms with van der Waals surface area (Å²) in [6.07, 6.45) is 1.67. The van der Waals surface area contributed by atoms with E-state index in [1.165, 1.54) is 4.88 Å². The van der Waals surface area contributed by atoms with Gasteiger partial charge in [0, 0.05) is 31.1 Å². The molecule has 0 radical (unpaired) electrons. The van der Waals surface area contributed by atoms with Crippen LogP contribution < -0.4 is 10.6 Å². The largest absolute Gasteiger partial charge is 0.357 e. The summed E-state index contributed by atoms with van der Waals surface area (Å²) in [4.78, 5) is 10.8. The molecule has 3 rings (SSSR count). The van der Waals surface area contributed by atoms with Gasteiger partial charge in [0.05, 0.1) is 17.1 Å². The van der Waals surface area contributed by atoms with Crippen LogP contribution in [0.1, 0.15) is 35.3 Å². The second-order valence-electron chi connectivity index (χ2n) is 7.49. The third-order valence-corrected chi connectivity index (χ3v) is 8.27. The number of aromatic nitrogens is 1. The van der Waals surface area contributed by atoms with Crippen molar-refractivity contribution in [2.75, 3.05) is 26.2 Å². The number of thiazole rings is 1. The molecule has 2 heterocycles. The number of hydrogen-bond acceptors (Lipinski definition) is 5. The standard InChI is InChI=1S/C21H31N5O2S2/c1-4-22-21(24-15-20-25-16(2)17(3)29-20)23-14-18-10-12-26(13-11-18)30(27,28)19-8-6-5-7-9-19/h5-9,18H,4,10-15H2,1-3H3,(H2,22,23,24). The van der Waals surface area contributed by atoms with Gasteiger partial charge in [-0.1, -0.05) is 18.2 Å². The fourth-order valence-corrected chi connectivity index (χ4v) is 5.78. The van der Waals surface area contributed by atoms with Gasteiger partial charge in [-0.05, 0) is 51.7 Å². The molecule has 7 nitrogen and oxygen atoms in total. The minimum atomic E-state index is -3.40. The van der Waals surface area contributed by atoms with E-state index in [0.717, 1.165) is 42.6 Å². The first-order valence-corrected chi connectivity index (χ1v) is 12.7. The number of aliphatic imine (C=N–C) groups is 1. The highest BCUT2D eigenvalue weighted by Gasteiger charge is 2.29. The van der Waals surface area contributed by atoms with E-state index in [4.69, 9.17) is 0 Å². The zero-order valence-electron chi connectivity index (χ0n) is 17.9. The van der Waals surface area contributed by atoms with Gasteiger partial charge in [0.1, 0.15) is 5.01 Å². The fraction of sp³-hybridized carbons (Fsp3) is 0.524. The number of aryl methyl sites for hydroxylation is 2. The first-order chi connectivity index (χ1) is 14.4. The number of nitrogens with zero attached hydrogens (tertiary/aromatic N) is 3. The molecule has 1 aliphatic rings. The van der Waals surface area contributed by atoms with Gasteiger partial charge in [-0.15, -0.1) is 11.3 Å². The van der Waals surface area contributed by atoms with E-state index in [9.17, 15) is 8.42 Å². The maximum absolute atomic E-state index is 12.8. The Morgan fingerprint density at radius 3 is 2.50 bits per heavy atom. The molecule has 1 fully saturated rings. The summed E-state index contributed by atoms with van der Waals surface area (Å²) in [5.74, 6) is 1.20. The average molecular weight is 450 g/mol. The van der Waals surface area contributed by atoms with Crippen LogP contribution in [0.5, 0.6) is 0 Å². The molecular weight excluding hydrogens is 418 g/mol. The van der Waals surface area contributed by atoms with E-state index in [2.05, 4.69) is 27.5 Å². The van der Waals surface area contributed by atoms with E-state index < -0.39 is 10.0 Å². The van der Waals surface area contributed by atoms with Crippen LogP contribution in [0.4, 0.5) is 0 Å². The molecule has 1 aliphatic heterocycles. The predicted molar refractivity (Wildman–Crippen MR) is 122 cm³/mol. The molecule has 1 aromatic carbocycles. The van der Waals surface area contributed by atoms with Gasteiger partial charge in [0.2, 0.25) is 10.0 Å². The van der Waals surface area contributed by atoms with Crippen molar-refractivity contribution in [2.45, 2.75) is 45.1 Å². The average Bonchev–Trinajstić information content (AvgIpc) is 3.08. The highest BCUT2D eigenvalue weighted by molar-refractivity contribution is 7.89. The number of hydrogen-bond donors (Lipinski definition) is 2. The number of sulfonamides is 1. The summed E-state index contributed by atoms with van der Waals surface area (Å²) in [6, 6.07) is 8.68. The molecule has 0 spiro atoms. The van der Waals surface area contributed by atoms with Crippen LogP contribution in [0.25, 0.3) is 0 Å². The molecule has 0 bridgehead atoms. The number of piperidine rings is 1. The van der Waals surface area contributed by atoms with Gasteiger partial charge < -0.3 is 10.6 Å². The molecule has 0 saturated carbocycles. The van der Waals surface area contributed by atoms with Gasteiger partial charge in [-0.2, -0.15) is 4.31 Å². The number of benzene rings is 1. The molecule has 164 valence electrons. The quantitative estimate of drug-likeness (QED) is 0.501. The molecule has 1 saturated heterocycles.